The predicted octanol–water partition coefficient (Wildman–Crippen LogP) is 4.23. The van der Waals surface area contributed by atoms with Crippen LogP contribution in [0.25, 0.3) is 0 Å². The molecule has 156 valence electrons. The first-order valence-electron chi connectivity index (χ1n) is 8.79. The van der Waals surface area contributed by atoms with Crippen LogP contribution in [0.4, 0.5) is 11.4 Å². The third-order valence-electron chi connectivity index (χ3n) is 4.16. The highest BCUT2D eigenvalue weighted by atomic mass is 35.5. The summed E-state index contributed by atoms with van der Waals surface area (Å²) in [6.07, 6.45) is 1.51. The largest absolute Gasteiger partial charge is 0.321 e. The predicted molar refractivity (Wildman–Crippen MR) is 118 cm³/mol. The minimum atomic E-state index is -4.05. The van der Waals surface area contributed by atoms with Crippen LogP contribution >= 0.6 is 23.2 Å². The second-order valence-electron chi connectivity index (χ2n) is 6.25. The molecule has 10 heteroatoms. The Labute approximate surface area is 183 Å². The summed E-state index contributed by atoms with van der Waals surface area (Å²) in [5.41, 5.74) is 0.598. The summed E-state index contributed by atoms with van der Waals surface area (Å²) in [5, 5.41) is 3.07. The van der Waals surface area contributed by atoms with E-state index >= 15 is 0 Å². The first-order chi connectivity index (χ1) is 14.2. The van der Waals surface area contributed by atoms with Gasteiger partial charge in [-0.1, -0.05) is 23.2 Å². The summed E-state index contributed by atoms with van der Waals surface area (Å²) >= 11 is 11.9. The normalized spacial score (nSPS) is 11.2. The van der Waals surface area contributed by atoms with E-state index in [2.05, 4.69) is 10.0 Å². The molecule has 0 aliphatic rings. The van der Waals surface area contributed by atoms with Crippen LogP contribution < -0.4 is 15.6 Å². The molecule has 0 saturated carbocycles. The summed E-state index contributed by atoms with van der Waals surface area (Å²) in [6.45, 7) is 2.25. The molecule has 3 rings (SSSR count). The van der Waals surface area contributed by atoms with E-state index in [4.69, 9.17) is 23.2 Å². The van der Waals surface area contributed by atoms with E-state index in [0.717, 1.165) is 0 Å². The van der Waals surface area contributed by atoms with E-state index in [-0.39, 0.29) is 21.0 Å². The molecule has 0 saturated heterocycles. The SMILES string of the molecule is CCn1cc(NC(=O)c2ccc(Cl)c(S(=O)(=O)Nc3ccc(Cl)cc3)c2)ccc1=O. The molecule has 1 heterocycles. The van der Waals surface area contributed by atoms with Gasteiger partial charge in [0.15, 0.2) is 0 Å². The quantitative estimate of drug-likeness (QED) is 0.568. The zero-order valence-corrected chi connectivity index (χ0v) is 18.1. The topological polar surface area (TPSA) is 97.3 Å². The van der Waals surface area contributed by atoms with E-state index in [1.165, 1.54) is 53.2 Å². The van der Waals surface area contributed by atoms with Gasteiger partial charge < -0.3 is 9.88 Å². The molecule has 0 atom stereocenters. The van der Waals surface area contributed by atoms with Crippen molar-refractivity contribution in [2.75, 3.05) is 10.0 Å². The molecule has 0 radical (unpaired) electrons. The smallest absolute Gasteiger partial charge is 0.263 e. The molecule has 7 nitrogen and oxygen atoms in total. The van der Waals surface area contributed by atoms with Crippen LogP contribution in [0.3, 0.4) is 0 Å². The lowest BCUT2D eigenvalue weighted by Crippen LogP contribution is -2.20. The highest BCUT2D eigenvalue weighted by molar-refractivity contribution is 7.92. The molecule has 3 aromatic rings. The molecule has 2 aromatic carbocycles. The van der Waals surface area contributed by atoms with E-state index < -0.39 is 15.9 Å². The van der Waals surface area contributed by atoms with Crippen LogP contribution in [0.1, 0.15) is 17.3 Å². The van der Waals surface area contributed by atoms with Crippen molar-refractivity contribution in [3.05, 3.63) is 86.8 Å². The van der Waals surface area contributed by atoms with Gasteiger partial charge in [-0.3, -0.25) is 14.3 Å². The van der Waals surface area contributed by atoms with Gasteiger partial charge in [0.2, 0.25) is 0 Å². The van der Waals surface area contributed by atoms with Gasteiger partial charge in [-0.05, 0) is 55.5 Å². The third-order valence-corrected chi connectivity index (χ3v) is 6.28. The third kappa shape index (κ3) is 5.02. The summed E-state index contributed by atoms with van der Waals surface area (Å²) in [6, 6.07) is 12.8. The van der Waals surface area contributed by atoms with Crippen LogP contribution in [0.2, 0.25) is 10.0 Å². The van der Waals surface area contributed by atoms with E-state index in [9.17, 15) is 18.0 Å². The number of amides is 1. The number of aromatic nitrogens is 1. The van der Waals surface area contributed by atoms with Crippen LogP contribution in [0.5, 0.6) is 0 Å². The average molecular weight is 466 g/mol. The number of nitrogens with zero attached hydrogens (tertiary/aromatic N) is 1. The van der Waals surface area contributed by atoms with Gasteiger partial charge in [-0.15, -0.1) is 0 Å². The number of pyridine rings is 1. The highest BCUT2D eigenvalue weighted by Crippen LogP contribution is 2.26. The Bertz CT molecular complexity index is 1260. The van der Waals surface area contributed by atoms with Crippen LogP contribution in [0, 0.1) is 0 Å². The zero-order chi connectivity index (χ0) is 21.9. The monoisotopic (exact) mass is 465 g/mol. The summed E-state index contributed by atoms with van der Waals surface area (Å²) in [7, 11) is -4.05. The van der Waals surface area contributed by atoms with Gasteiger partial charge >= 0.3 is 0 Å². The molecule has 1 amide bonds. The van der Waals surface area contributed by atoms with Crippen molar-refractivity contribution in [1.82, 2.24) is 4.57 Å². The maximum atomic E-state index is 12.8. The van der Waals surface area contributed by atoms with Gasteiger partial charge in [0.1, 0.15) is 4.90 Å². The Hall–Kier alpha value is -2.81. The van der Waals surface area contributed by atoms with Gasteiger partial charge in [-0.25, -0.2) is 8.42 Å². The lowest BCUT2D eigenvalue weighted by atomic mass is 10.2. The average Bonchev–Trinajstić information content (AvgIpc) is 2.71. The van der Waals surface area contributed by atoms with Crippen molar-refractivity contribution < 1.29 is 13.2 Å². The van der Waals surface area contributed by atoms with E-state index in [0.29, 0.717) is 22.9 Å². The fourth-order valence-corrected chi connectivity index (χ4v) is 4.35. The van der Waals surface area contributed by atoms with Gasteiger partial charge in [0.05, 0.1) is 10.7 Å². The molecule has 0 spiro atoms. The second-order valence-corrected chi connectivity index (χ2v) is 8.75. The molecule has 0 aliphatic heterocycles. The number of aryl methyl sites for hydroxylation is 1. The van der Waals surface area contributed by atoms with E-state index in [1.807, 2.05) is 0 Å². The molecule has 0 aliphatic carbocycles. The van der Waals surface area contributed by atoms with Crippen LogP contribution in [-0.4, -0.2) is 18.9 Å². The number of rotatable bonds is 6. The van der Waals surface area contributed by atoms with Crippen molar-refractivity contribution in [1.29, 1.82) is 0 Å². The van der Waals surface area contributed by atoms with Crippen molar-refractivity contribution in [2.24, 2.45) is 0 Å². The number of hydrogen-bond donors (Lipinski definition) is 2. The maximum Gasteiger partial charge on any atom is 0.263 e. The first-order valence-corrected chi connectivity index (χ1v) is 11.0. The number of carbonyl (C=O) groups is 1. The lowest BCUT2D eigenvalue weighted by Gasteiger charge is -2.12. The van der Waals surface area contributed by atoms with Crippen LogP contribution in [-0.2, 0) is 16.6 Å². The molecule has 30 heavy (non-hydrogen) atoms. The molecule has 0 bridgehead atoms. The number of nitrogens with one attached hydrogen (secondary N) is 2. The number of sulfonamides is 1. The molecular weight excluding hydrogens is 449 g/mol. The summed E-state index contributed by atoms with van der Waals surface area (Å²) in [5.74, 6) is -0.545. The Morgan fingerprint density at radius 1 is 1.00 bits per heavy atom. The Balaban J connectivity index is 1.87. The first kappa shape index (κ1) is 21.9. The minimum Gasteiger partial charge on any atom is -0.321 e. The Kier molecular flexibility index (Phi) is 6.50. The van der Waals surface area contributed by atoms with Gasteiger partial charge in [-0.2, -0.15) is 0 Å². The summed E-state index contributed by atoms with van der Waals surface area (Å²) in [4.78, 5) is 24.0. The fourth-order valence-electron chi connectivity index (χ4n) is 2.63. The number of hydrogen-bond acceptors (Lipinski definition) is 4. The number of carbonyl (C=O) groups excluding carboxylic acids is 1. The van der Waals surface area contributed by atoms with Crippen LogP contribution in [0.15, 0.2) is 70.5 Å². The van der Waals surface area contributed by atoms with Crippen molar-refractivity contribution in [3.8, 4) is 0 Å². The zero-order valence-electron chi connectivity index (χ0n) is 15.7. The van der Waals surface area contributed by atoms with Gasteiger partial charge in [0.25, 0.3) is 21.5 Å². The molecule has 0 fully saturated rings. The molecule has 2 N–H and O–H groups in total. The maximum absolute atomic E-state index is 12.8. The van der Waals surface area contributed by atoms with Crippen molar-refractivity contribution in [2.45, 2.75) is 18.4 Å². The summed E-state index contributed by atoms with van der Waals surface area (Å²) < 4.78 is 29.4. The number of benzene rings is 2. The standard InChI is InChI=1S/C20H17Cl2N3O4S/c1-2-25-12-16(8-10-19(25)26)23-20(27)13-3-9-17(22)18(11-13)30(28,29)24-15-6-4-14(21)5-7-15/h3-12,24H,2H2,1H3,(H,23,27). The molecule has 0 unspecified atom stereocenters. The highest BCUT2D eigenvalue weighted by Gasteiger charge is 2.20. The second kappa shape index (κ2) is 8.91. The number of halogens is 2. The van der Waals surface area contributed by atoms with Crippen molar-refractivity contribution >= 4 is 50.5 Å². The minimum absolute atomic E-state index is 0.0347. The van der Waals surface area contributed by atoms with Gasteiger partial charge in [0, 0.05) is 35.1 Å². The van der Waals surface area contributed by atoms with Crippen molar-refractivity contribution in [3.63, 3.8) is 0 Å². The number of anilines is 2. The molecule has 1 aromatic heterocycles. The van der Waals surface area contributed by atoms with E-state index in [1.54, 1.807) is 19.1 Å². The fraction of sp³-hybridized carbons (Fsp3) is 0.100. The Morgan fingerprint density at radius 3 is 2.33 bits per heavy atom. The Morgan fingerprint density at radius 2 is 1.67 bits per heavy atom. The lowest BCUT2D eigenvalue weighted by molar-refractivity contribution is 0.102. The molecular formula is C20H17Cl2N3O4S.